The van der Waals surface area contributed by atoms with E-state index in [1.165, 1.54) is 4.90 Å². The van der Waals surface area contributed by atoms with E-state index in [1.807, 2.05) is 0 Å². The summed E-state index contributed by atoms with van der Waals surface area (Å²) >= 11 is 0. The molecule has 0 aromatic rings. The number of nitrogens with two attached hydrogens (primary N) is 2. The summed E-state index contributed by atoms with van der Waals surface area (Å²) in [7, 11) is 0. The Morgan fingerprint density at radius 2 is 2.25 bits per heavy atom. The molecule has 1 fully saturated rings. The van der Waals surface area contributed by atoms with E-state index < -0.39 is 12.1 Å². The van der Waals surface area contributed by atoms with Gasteiger partial charge in [-0.15, -0.1) is 0 Å². The van der Waals surface area contributed by atoms with Crippen LogP contribution in [-0.4, -0.2) is 42.6 Å². The van der Waals surface area contributed by atoms with Crippen LogP contribution in [0.1, 0.15) is 0 Å². The summed E-state index contributed by atoms with van der Waals surface area (Å²) in [5.41, 5.74) is 10.3. The third-order valence-corrected chi connectivity index (χ3v) is 1.73. The standard InChI is InChI=1S/C6H12N4O2/c7-5(8)4-3-10(6(9)11)1-2-12-4/h4H,1-3H2,(H3,7,8)(H2,9,11). The average molecular weight is 172 g/mol. The van der Waals surface area contributed by atoms with E-state index in [0.29, 0.717) is 13.2 Å². The second-order valence-electron chi connectivity index (χ2n) is 2.60. The van der Waals surface area contributed by atoms with E-state index in [2.05, 4.69) is 0 Å². The maximum Gasteiger partial charge on any atom is 0.314 e. The van der Waals surface area contributed by atoms with Crippen molar-refractivity contribution in [1.29, 1.82) is 5.41 Å². The molecule has 1 saturated heterocycles. The fourth-order valence-corrected chi connectivity index (χ4v) is 1.04. The Morgan fingerprint density at radius 3 is 2.75 bits per heavy atom. The van der Waals surface area contributed by atoms with Crippen molar-refractivity contribution >= 4 is 11.9 Å². The van der Waals surface area contributed by atoms with Crippen LogP contribution in [-0.2, 0) is 4.74 Å². The highest BCUT2D eigenvalue weighted by Crippen LogP contribution is 2.03. The van der Waals surface area contributed by atoms with Crippen LogP contribution in [0.3, 0.4) is 0 Å². The Hall–Kier alpha value is -1.30. The van der Waals surface area contributed by atoms with Crippen LogP contribution < -0.4 is 11.5 Å². The number of nitrogens with one attached hydrogen (secondary N) is 1. The van der Waals surface area contributed by atoms with E-state index in [4.69, 9.17) is 21.6 Å². The Bertz CT molecular complexity index is 186. The molecule has 1 unspecified atom stereocenters. The van der Waals surface area contributed by atoms with Crippen molar-refractivity contribution in [2.24, 2.45) is 11.5 Å². The maximum atomic E-state index is 10.7. The van der Waals surface area contributed by atoms with Crippen molar-refractivity contribution in [2.75, 3.05) is 19.7 Å². The summed E-state index contributed by atoms with van der Waals surface area (Å²) < 4.78 is 5.12. The quantitative estimate of drug-likeness (QED) is 0.338. The number of carbonyl (C=O) groups is 1. The molecule has 5 N–H and O–H groups in total. The number of nitrogens with zero attached hydrogens (tertiary/aromatic N) is 1. The molecule has 2 amide bonds. The van der Waals surface area contributed by atoms with Gasteiger partial charge in [0.2, 0.25) is 0 Å². The largest absolute Gasteiger partial charge is 0.385 e. The van der Waals surface area contributed by atoms with Crippen LogP contribution >= 0.6 is 0 Å². The normalized spacial score (nSPS) is 23.7. The second kappa shape index (κ2) is 3.40. The van der Waals surface area contributed by atoms with Crippen LogP contribution in [0, 0.1) is 5.41 Å². The van der Waals surface area contributed by atoms with Gasteiger partial charge in [0.15, 0.2) is 0 Å². The number of carbonyl (C=O) groups excluding carboxylic acids is 1. The zero-order valence-electron chi connectivity index (χ0n) is 6.62. The maximum absolute atomic E-state index is 10.7. The fraction of sp³-hybridized carbons (Fsp3) is 0.667. The number of primary amides is 1. The van der Waals surface area contributed by atoms with E-state index in [0.717, 1.165) is 0 Å². The van der Waals surface area contributed by atoms with E-state index in [-0.39, 0.29) is 12.4 Å². The molecule has 0 bridgehead atoms. The molecule has 0 saturated carbocycles. The zero-order valence-corrected chi connectivity index (χ0v) is 6.62. The van der Waals surface area contributed by atoms with Crippen LogP contribution in [0.4, 0.5) is 4.79 Å². The molecule has 0 aromatic heterocycles. The molecule has 12 heavy (non-hydrogen) atoms. The molecule has 0 radical (unpaired) electrons. The highest BCUT2D eigenvalue weighted by Gasteiger charge is 2.24. The second-order valence-corrected chi connectivity index (χ2v) is 2.60. The highest BCUT2D eigenvalue weighted by molar-refractivity contribution is 5.83. The molecule has 0 aromatic carbocycles. The molecular weight excluding hydrogens is 160 g/mol. The molecule has 1 heterocycles. The van der Waals surface area contributed by atoms with Gasteiger partial charge in [-0.05, 0) is 0 Å². The monoisotopic (exact) mass is 172 g/mol. The van der Waals surface area contributed by atoms with Crippen molar-refractivity contribution in [3.8, 4) is 0 Å². The van der Waals surface area contributed by atoms with E-state index >= 15 is 0 Å². The predicted molar refractivity (Wildman–Crippen MR) is 42.8 cm³/mol. The van der Waals surface area contributed by atoms with Gasteiger partial charge in [0.1, 0.15) is 11.9 Å². The number of rotatable bonds is 1. The first-order valence-electron chi connectivity index (χ1n) is 3.61. The Labute approximate surface area is 70.0 Å². The lowest BCUT2D eigenvalue weighted by molar-refractivity contribution is 0.0226. The Kier molecular flexibility index (Phi) is 2.49. The van der Waals surface area contributed by atoms with Crippen molar-refractivity contribution in [1.82, 2.24) is 4.90 Å². The third-order valence-electron chi connectivity index (χ3n) is 1.73. The highest BCUT2D eigenvalue weighted by atomic mass is 16.5. The minimum absolute atomic E-state index is 0.0686. The van der Waals surface area contributed by atoms with E-state index in [1.54, 1.807) is 0 Å². The van der Waals surface area contributed by atoms with Gasteiger partial charge in [-0.1, -0.05) is 0 Å². The van der Waals surface area contributed by atoms with Gasteiger partial charge < -0.3 is 21.1 Å². The van der Waals surface area contributed by atoms with Crippen molar-refractivity contribution in [3.63, 3.8) is 0 Å². The first-order valence-corrected chi connectivity index (χ1v) is 3.61. The number of urea groups is 1. The summed E-state index contributed by atoms with van der Waals surface area (Å²) in [4.78, 5) is 12.1. The third kappa shape index (κ3) is 1.85. The summed E-state index contributed by atoms with van der Waals surface area (Å²) in [6.45, 7) is 1.14. The number of ether oxygens (including phenoxy) is 1. The molecule has 0 spiro atoms. The molecule has 1 aliphatic rings. The Balaban J connectivity index is 2.51. The molecule has 6 nitrogen and oxygen atoms in total. The van der Waals surface area contributed by atoms with Crippen LogP contribution in [0.5, 0.6) is 0 Å². The van der Waals surface area contributed by atoms with E-state index in [9.17, 15) is 4.79 Å². The first kappa shape index (κ1) is 8.79. The summed E-state index contributed by atoms with van der Waals surface area (Å²) in [6, 6.07) is -0.496. The van der Waals surface area contributed by atoms with Gasteiger partial charge in [-0.2, -0.15) is 0 Å². The lowest BCUT2D eigenvalue weighted by Crippen LogP contribution is -2.51. The molecule has 1 atom stereocenters. The van der Waals surface area contributed by atoms with Crippen molar-refractivity contribution in [3.05, 3.63) is 0 Å². The lowest BCUT2D eigenvalue weighted by atomic mass is 10.2. The van der Waals surface area contributed by atoms with Crippen molar-refractivity contribution < 1.29 is 9.53 Å². The molecule has 0 aliphatic carbocycles. The number of morpholine rings is 1. The minimum atomic E-state index is -0.496. The van der Waals surface area contributed by atoms with Gasteiger partial charge >= 0.3 is 6.03 Å². The molecule has 68 valence electrons. The SMILES string of the molecule is N=C(N)C1CN(C(N)=O)CCO1. The fourth-order valence-electron chi connectivity index (χ4n) is 1.04. The van der Waals surface area contributed by atoms with Gasteiger partial charge in [0.25, 0.3) is 0 Å². The molecular formula is C6H12N4O2. The van der Waals surface area contributed by atoms with Crippen LogP contribution in [0.2, 0.25) is 0 Å². The smallest absolute Gasteiger partial charge is 0.314 e. The molecule has 1 aliphatic heterocycles. The lowest BCUT2D eigenvalue weighted by Gasteiger charge is -2.30. The zero-order chi connectivity index (χ0) is 9.14. The Morgan fingerprint density at radius 1 is 1.58 bits per heavy atom. The average Bonchev–Trinajstić information content (AvgIpc) is 2.04. The first-order chi connectivity index (χ1) is 5.61. The summed E-state index contributed by atoms with van der Waals surface area (Å²) in [5, 5.41) is 7.09. The van der Waals surface area contributed by atoms with Crippen LogP contribution in [0.25, 0.3) is 0 Å². The summed E-state index contributed by atoms with van der Waals surface area (Å²) in [5.74, 6) is -0.0686. The number of amides is 2. The summed E-state index contributed by atoms with van der Waals surface area (Å²) in [6.07, 6.45) is -0.494. The minimum Gasteiger partial charge on any atom is -0.385 e. The van der Waals surface area contributed by atoms with Gasteiger partial charge in [-0.25, -0.2) is 4.79 Å². The molecule has 1 rings (SSSR count). The molecule has 6 heteroatoms. The topological polar surface area (TPSA) is 105 Å². The predicted octanol–water partition coefficient (Wildman–Crippen LogP) is -1.30. The van der Waals surface area contributed by atoms with Crippen molar-refractivity contribution in [2.45, 2.75) is 6.10 Å². The van der Waals surface area contributed by atoms with Gasteiger partial charge in [0.05, 0.1) is 13.2 Å². The van der Waals surface area contributed by atoms with Gasteiger partial charge in [-0.3, -0.25) is 5.41 Å². The number of amidine groups is 1. The number of hydrogen-bond donors (Lipinski definition) is 3. The number of hydrogen-bond acceptors (Lipinski definition) is 3. The van der Waals surface area contributed by atoms with Crippen LogP contribution in [0.15, 0.2) is 0 Å². The van der Waals surface area contributed by atoms with Gasteiger partial charge in [0, 0.05) is 6.54 Å².